The van der Waals surface area contributed by atoms with Crippen LogP contribution in [-0.4, -0.2) is 22.1 Å². The summed E-state index contributed by atoms with van der Waals surface area (Å²) in [7, 11) is 0. The number of aromatic nitrogens is 1. The Hall–Kier alpha value is -1.33. The van der Waals surface area contributed by atoms with Crippen molar-refractivity contribution in [3.63, 3.8) is 0 Å². The van der Waals surface area contributed by atoms with E-state index in [1.807, 2.05) is 38.2 Å². The summed E-state index contributed by atoms with van der Waals surface area (Å²) < 4.78 is 1.02. The fourth-order valence-corrected chi connectivity index (χ4v) is 2.63. The van der Waals surface area contributed by atoms with Crippen molar-refractivity contribution in [3.8, 4) is 0 Å². The summed E-state index contributed by atoms with van der Waals surface area (Å²) in [5.41, 5.74) is 2.14. The molecule has 0 spiro atoms. The lowest BCUT2D eigenvalue weighted by atomic mass is 10.0. The van der Waals surface area contributed by atoms with Crippen molar-refractivity contribution in [1.82, 2.24) is 10.3 Å². The highest BCUT2D eigenvalue weighted by Crippen LogP contribution is 2.22. The summed E-state index contributed by atoms with van der Waals surface area (Å²) in [6, 6.07) is 5.52. The van der Waals surface area contributed by atoms with Gasteiger partial charge < -0.3 is 15.4 Å². The fourth-order valence-electron chi connectivity index (χ4n) is 2.27. The van der Waals surface area contributed by atoms with Gasteiger partial charge in [0.05, 0.1) is 0 Å². The van der Waals surface area contributed by atoms with Gasteiger partial charge in [-0.15, -0.1) is 0 Å². The molecule has 0 aliphatic rings. The highest BCUT2D eigenvalue weighted by molar-refractivity contribution is 9.10. The van der Waals surface area contributed by atoms with Gasteiger partial charge >= 0.3 is 5.97 Å². The highest BCUT2D eigenvalue weighted by Gasteiger charge is 2.18. The number of carboxylic acids is 1. The van der Waals surface area contributed by atoms with Gasteiger partial charge in [0.2, 0.25) is 0 Å². The third-order valence-corrected chi connectivity index (χ3v) is 3.77. The van der Waals surface area contributed by atoms with Gasteiger partial charge in [-0.25, -0.2) is 0 Å². The molecule has 0 amide bonds. The number of aromatic amines is 1. The van der Waals surface area contributed by atoms with Gasteiger partial charge in [-0.3, -0.25) is 4.79 Å². The van der Waals surface area contributed by atoms with E-state index in [0.29, 0.717) is 18.9 Å². The van der Waals surface area contributed by atoms with Crippen LogP contribution in [0.5, 0.6) is 0 Å². The molecule has 0 bridgehead atoms. The van der Waals surface area contributed by atoms with E-state index in [2.05, 4.69) is 26.2 Å². The summed E-state index contributed by atoms with van der Waals surface area (Å²) in [6.45, 7) is 4.60. The van der Waals surface area contributed by atoms with E-state index in [-0.39, 0.29) is 0 Å². The van der Waals surface area contributed by atoms with Gasteiger partial charge in [0.25, 0.3) is 0 Å². The second kappa shape index (κ2) is 6.41. The Bertz CT molecular complexity index is 607. The Morgan fingerprint density at radius 2 is 2.20 bits per heavy atom. The highest BCUT2D eigenvalue weighted by atomic mass is 79.9. The molecule has 2 aromatic rings. The molecule has 3 N–H and O–H groups in total. The number of benzene rings is 1. The van der Waals surface area contributed by atoms with Crippen molar-refractivity contribution in [2.45, 2.75) is 32.9 Å². The van der Waals surface area contributed by atoms with Crippen molar-refractivity contribution in [2.24, 2.45) is 5.92 Å². The van der Waals surface area contributed by atoms with Crippen molar-refractivity contribution in [1.29, 1.82) is 0 Å². The predicted octanol–water partition coefficient (Wildman–Crippen LogP) is 3.52. The van der Waals surface area contributed by atoms with E-state index >= 15 is 0 Å². The van der Waals surface area contributed by atoms with E-state index in [0.717, 1.165) is 20.9 Å². The van der Waals surface area contributed by atoms with Crippen molar-refractivity contribution in [3.05, 3.63) is 34.4 Å². The molecular weight excluding hydrogens is 320 g/mol. The summed E-state index contributed by atoms with van der Waals surface area (Å²) in [5.74, 6) is -0.444. The van der Waals surface area contributed by atoms with E-state index in [9.17, 15) is 9.90 Å². The Morgan fingerprint density at radius 1 is 1.45 bits per heavy atom. The van der Waals surface area contributed by atoms with Crippen LogP contribution in [0.2, 0.25) is 0 Å². The molecule has 1 unspecified atom stereocenters. The monoisotopic (exact) mass is 338 g/mol. The maximum Gasteiger partial charge on any atom is 0.320 e. The maximum atomic E-state index is 11.2. The van der Waals surface area contributed by atoms with E-state index in [1.54, 1.807) is 0 Å². The largest absolute Gasteiger partial charge is 0.480 e. The van der Waals surface area contributed by atoms with Gasteiger partial charge in [0.15, 0.2) is 0 Å². The van der Waals surface area contributed by atoms with Gasteiger partial charge in [0.1, 0.15) is 6.04 Å². The predicted molar refractivity (Wildman–Crippen MR) is 83.7 cm³/mol. The fraction of sp³-hybridized carbons (Fsp3) is 0.400. The average molecular weight is 339 g/mol. The smallest absolute Gasteiger partial charge is 0.320 e. The number of rotatable bonds is 6. The van der Waals surface area contributed by atoms with Gasteiger partial charge in [-0.1, -0.05) is 29.8 Å². The average Bonchev–Trinajstić information content (AvgIpc) is 2.76. The molecule has 0 aliphatic heterocycles. The Labute approximate surface area is 126 Å². The number of carboxylic acid groups (broad SMARTS) is 1. The zero-order valence-electron chi connectivity index (χ0n) is 11.6. The first-order chi connectivity index (χ1) is 9.47. The van der Waals surface area contributed by atoms with Crippen LogP contribution in [0.15, 0.2) is 28.9 Å². The lowest BCUT2D eigenvalue weighted by molar-refractivity contribution is -0.140. The number of H-pyrrole nitrogens is 1. The standard InChI is InChI=1S/C15H19BrN2O2/c1-9(2)5-14(15(19)20)18-8-10-7-17-13-4-3-11(16)6-12(10)13/h3-4,6-7,9,14,17-18H,5,8H2,1-2H3,(H,19,20). The second-order valence-corrected chi connectivity index (χ2v) is 6.32. The number of hydrogen-bond donors (Lipinski definition) is 3. The summed E-state index contributed by atoms with van der Waals surface area (Å²) in [5, 5.41) is 13.5. The Kier molecular flexibility index (Phi) is 4.83. The van der Waals surface area contributed by atoms with E-state index < -0.39 is 12.0 Å². The van der Waals surface area contributed by atoms with Gasteiger partial charge in [-0.05, 0) is 36.1 Å². The maximum absolute atomic E-state index is 11.2. The summed E-state index contributed by atoms with van der Waals surface area (Å²) in [4.78, 5) is 14.4. The molecule has 1 aromatic heterocycles. The molecule has 1 heterocycles. The molecular formula is C15H19BrN2O2. The van der Waals surface area contributed by atoms with Crippen LogP contribution in [-0.2, 0) is 11.3 Å². The minimum atomic E-state index is -0.792. The zero-order valence-corrected chi connectivity index (χ0v) is 13.2. The van der Waals surface area contributed by atoms with Crippen LogP contribution in [0.1, 0.15) is 25.8 Å². The molecule has 1 aromatic carbocycles. The van der Waals surface area contributed by atoms with Crippen molar-refractivity contribution in [2.75, 3.05) is 0 Å². The molecule has 0 fully saturated rings. The third-order valence-electron chi connectivity index (χ3n) is 3.27. The number of halogens is 1. The zero-order chi connectivity index (χ0) is 14.7. The van der Waals surface area contributed by atoms with Crippen molar-refractivity contribution >= 4 is 32.8 Å². The topological polar surface area (TPSA) is 65.1 Å². The first-order valence-electron chi connectivity index (χ1n) is 6.69. The summed E-state index contributed by atoms with van der Waals surface area (Å²) >= 11 is 3.46. The molecule has 0 aliphatic carbocycles. The molecule has 0 saturated heterocycles. The Balaban J connectivity index is 2.11. The van der Waals surface area contributed by atoms with Crippen LogP contribution in [0.3, 0.4) is 0 Å². The van der Waals surface area contributed by atoms with E-state index in [4.69, 9.17) is 0 Å². The van der Waals surface area contributed by atoms with Crippen LogP contribution in [0.4, 0.5) is 0 Å². The molecule has 0 radical (unpaired) electrons. The third kappa shape index (κ3) is 3.61. The lowest BCUT2D eigenvalue weighted by Crippen LogP contribution is -2.37. The number of hydrogen-bond acceptors (Lipinski definition) is 2. The number of aliphatic carboxylic acids is 1. The molecule has 2 rings (SSSR count). The second-order valence-electron chi connectivity index (χ2n) is 5.41. The first-order valence-corrected chi connectivity index (χ1v) is 7.48. The SMILES string of the molecule is CC(C)CC(NCc1c[nH]c2ccc(Br)cc12)C(=O)O. The van der Waals surface area contributed by atoms with Crippen LogP contribution < -0.4 is 5.32 Å². The molecule has 20 heavy (non-hydrogen) atoms. The van der Waals surface area contributed by atoms with Crippen molar-refractivity contribution < 1.29 is 9.90 Å². The first kappa shape index (κ1) is 15.1. The van der Waals surface area contributed by atoms with Crippen LogP contribution >= 0.6 is 15.9 Å². The Morgan fingerprint density at radius 3 is 2.85 bits per heavy atom. The molecule has 5 heteroatoms. The molecule has 108 valence electrons. The summed E-state index contributed by atoms with van der Waals surface area (Å²) in [6.07, 6.45) is 2.56. The molecule has 4 nitrogen and oxygen atoms in total. The van der Waals surface area contributed by atoms with Crippen LogP contribution in [0.25, 0.3) is 10.9 Å². The quantitative estimate of drug-likeness (QED) is 0.754. The van der Waals surface area contributed by atoms with Gasteiger partial charge in [-0.2, -0.15) is 0 Å². The number of carbonyl (C=O) groups is 1. The number of nitrogens with one attached hydrogen (secondary N) is 2. The van der Waals surface area contributed by atoms with Gasteiger partial charge in [0, 0.05) is 28.1 Å². The minimum Gasteiger partial charge on any atom is -0.480 e. The van der Waals surface area contributed by atoms with Crippen LogP contribution in [0, 0.1) is 5.92 Å². The molecule has 0 saturated carbocycles. The lowest BCUT2D eigenvalue weighted by Gasteiger charge is -2.16. The van der Waals surface area contributed by atoms with E-state index in [1.165, 1.54) is 0 Å². The number of fused-ring (bicyclic) bond motifs is 1. The molecule has 1 atom stereocenters. The minimum absolute atomic E-state index is 0.348. The normalized spacial score (nSPS) is 13.0.